The topological polar surface area (TPSA) is 66.9 Å². The Morgan fingerprint density at radius 2 is 1.66 bits per heavy atom. The lowest BCUT2D eigenvalue weighted by atomic mass is 10.1. The Morgan fingerprint density at radius 3 is 2.34 bits per heavy atom. The summed E-state index contributed by atoms with van der Waals surface area (Å²) < 4.78 is 33.5. The van der Waals surface area contributed by atoms with E-state index in [4.69, 9.17) is 4.74 Å². The molecule has 6 nitrogen and oxygen atoms in total. The second kappa shape index (κ2) is 9.14. The van der Waals surface area contributed by atoms with Crippen molar-refractivity contribution in [2.75, 3.05) is 18.6 Å². The molecule has 3 aromatic carbocycles. The largest absolute Gasteiger partial charge is 0.497 e. The quantitative estimate of drug-likeness (QED) is 0.548. The van der Waals surface area contributed by atoms with E-state index < -0.39 is 10.0 Å². The minimum Gasteiger partial charge on any atom is -0.497 e. The standard InChI is InChI=1S/C25H26N2O4S/c1-19-16-21-10-6-7-11-24(21)27(19)25(28)18-26(17-20-8-4-3-5-9-20)32(29,30)23-14-12-22(31-2)13-15-23/h3-15,19H,16-18H2,1-2H3/t19-/m0/s1. The fourth-order valence-electron chi connectivity index (χ4n) is 4.08. The number of carbonyl (C=O) groups excluding carboxylic acids is 1. The van der Waals surface area contributed by atoms with Crippen molar-refractivity contribution in [2.45, 2.75) is 30.8 Å². The van der Waals surface area contributed by atoms with Crippen LogP contribution in [0.25, 0.3) is 0 Å². The fourth-order valence-corrected chi connectivity index (χ4v) is 5.46. The average molecular weight is 451 g/mol. The molecule has 0 aromatic heterocycles. The highest BCUT2D eigenvalue weighted by molar-refractivity contribution is 7.89. The molecule has 0 unspecified atom stereocenters. The molecule has 7 heteroatoms. The molecule has 0 radical (unpaired) electrons. The third-order valence-electron chi connectivity index (χ3n) is 5.69. The van der Waals surface area contributed by atoms with Crippen LogP contribution in [0.4, 0.5) is 5.69 Å². The summed E-state index contributed by atoms with van der Waals surface area (Å²) >= 11 is 0. The first-order valence-electron chi connectivity index (χ1n) is 10.5. The number of rotatable bonds is 7. The Kier molecular flexibility index (Phi) is 6.30. The van der Waals surface area contributed by atoms with Gasteiger partial charge in [-0.15, -0.1) is 0 Å². The molecule has 1 aliphatic rings. The molecule has 0 saturated carbocycles. The SMILES string of the molecule is COc1ccc(S(=O)(=O)N(CC(=O)N2c3ccccc3C[C@@H]2C)Cc2ccccc2)cc1. The van der Waals surface area contributed by atoms with Crippen LogP contribution in [0.15, 0.2) is 83.8 Å². The van der Waals surface area contributed by atoms with Gasteiger partial charge in [0.1, 0.15) is 5.75 Å². The number of carbonyl (C=O) groups is 1. The predicted octanol–water partition coefficient (Wildman–Crippen LogP) is 3.86. The van der Waals surface area contributed by atoms with Crippen LogP contribution in [0, 0.1) is 0 Å². The Hall–Kier alpha value is -3.16. The van der Waals surface area contributed by atoms with Gasteiger partial charge in [-0.05, 0) is 54.8 Å². The van der Waals surface area contributed by atoms with Crippen LogP contribution in [-0.2, 0) is 27.8 Å². The number of hydrogen-bond donors (Lipinski definition) is 0. The first-order chi connectivity index (χ1) is 15.4. The summed E-state index contributed by atoms with van der Waals surface area (Å²) in [6, 6.07) is 23.3. The lowest BCUT2D eigenvalue weighted by molar-refractivity contribution is -0.119. The minimum absolute atomic E-state index is 0.0258. The molecule has 166 valence electrons. The number of ether oxygens (including phenoxy) is 1. The van der Waals surface area contributed by atoms with Gasteiger partial charge in [-0.1, -0.05) is 48.5 Å². The maximum atomic E-state index is 13.5. The molecule has 0 spiro atoms. The highest BCUT2D eigenvalue weighted by Crippen LogP contribution is 2.32. The molecule has 1 atom stereocenters. The maximum absolute atomic E-state index is 13.5. The van der Waals surface area contributed by atoms with E-state index in [1.807, 2.05) is 61.5 Å². The second-order valence-electron chi connectivity index (χ2n) is 7.88. The Bertz CT molecular complexity index is 1190. The zero-order valence-corrected chi connectivity index (χ0v) is 19.0. The van der Waals surface area contributed by atoms with Crippen molar-refractivity contribution >= 4 is 21.6 Å². The molecule has 3 aromatic rings. The molecule has 0 fully saturated rings. The van der Waals surface area contributed by atoms with Gasteiger partial charge in [0, 0.05) is 18.3 Å². The van der Waals surface area contributed by atoms with E-state index in [0.29, 0.717) is 5.75 Å². The van der Waals surface area contributed by atoms with Crippen LogP contribution in [0.2, 0.25) is 0 Å². The van der Waals surface area contributed by atoms with E-state index in [0.717, 1.165) is 23.2 Å². The molecule has 0 bridgehead atoms. The third kappa shape index (κ3) is 4.40. The third-order valence-corrected chi connectivity index (χ3v) is 7.49. The predicted molar refractivity (Wildman–Crippen MR) is 124 cm³/mol. The number of anilines is 1. The zero-order chi connectivity index (χ0) is 22.7. The molecule has 1 aliphatic heterocycles. The molecule has 1 heterocycles. The second-order valence-corrected chi connectivity index (χ2v) is 9.82. The van der Waals surface area contributed by atoms with Gasteiger partial charge in [-0.2, -0.15) is 4.31 Å². The minimum atomic E-state index is -3.91. The summed E-state index contributed by atoms with van der Waals surface area (Å²) in [5.74, 6) is 0.326. The van der Waals surface area contributed by atoms with Gasteiger partial charge in [-0.25, -0.2) is 8.42 Å². The number of amides is 1. The number of hydrogen-bond acceptors (Lipinski definition) is 4. The van der Waals surface area contributed by atoms with Gasteiger partial charge in [0.25, 0.3) is 0 Å². The molecule has 0 aliphatic carbocycles. The van der Waals surface area contributed by atoms with E-state index in [1.165, 1.54) is 23.5 Å². The van der Waals surface area contributed by atoms with Crippen molar-refractivity contribution in [3.05, 3.63) is 90.0 Å². The first-order valence-corrected chi connectivity index (χ1v) is 11.9. The van der Waals surface area contributed by atoms with Gasteiger partial charge in [0.05, 0.1) is 18.6 Å². The van der Waals surface area contributed by atoms with E-state index >= 15 is 0 Å². The highest BCUT2D eigenvalue weighted by Gasteiger charge is 2.34. The van der Waals surface area contributed by atoms with Gasteiger partial charge < -0.3 is 9.64 Å². The Labute approximate surface area is 189 Å². The monoisotopic (exact) mass is 450 g/mol. The van der Waals surface area contributed by atoms with Gasteiger partial charge in [0.2, 0.25) is 15.9 Å². The Morgan fingerprint density at radius 1 is 1.00 bits per heavy atom. The van der Waals surface area contributed by atoms with Gasteiger partial charge >= 0.3 is 0 Å². The highest BCUT2D eigenvalue weighted by atomic mass is 32.2. The van der Waals surface area contributed by atoms with Crippen molar-refractivity contribution in [3.8, 4) is 5.75 Å². The van der Waals surface area contributed by atoms with Crippen LogP contribution in [0.5, 0.6) is 5.75 Å². The lowest BCUT2D eigenvalue weighted by Gasteiger charge is -2.27. The van der Waals surface area contributed by atoms with Crippen molar-refractivity contribution in [2.24, 2.45) is 0 Å². The van der Waals surface area contributed by atoms with Crippen LogP contribution in [0.1, 0.15) is 18.1 Å². The van der Waals surface area contributed by atoms with Crippen molar-refractivity contribution in [3.63, 3.8) is 0 Å². The lowest BCUT2D eigenvalue weighted by Crippen LogP contribution is -2.44. The summed E-state index contributed by atoms with van der Waals surface area (Å²) in [6.45, 7) is 1.84. The van der Waals surface area contributed by atoms with E-state index in [-0.39, 0.29) is 29.9 Å². The Balaban J connectivity index is 1.66. The normalized spacial score (nSPS) is 15.6. The maximum Gasteiger partial charge on any atom is 0.243 e. The molecular weight excluding hydrogens is 424 g/mol. The molecule has 0 N–H and O–H groups in total. The van der Waals surface area contributed by atoms with Crippen molar-refractivity contribution in [1.82, 2.24) is 4.31 Å². The first kappa shape index (κ1) is 22.0. The summed E-state index contributed by atoms with van der Waals surface area (Å²) in [7, 11) is -2.39. The molecule has 32 heavy (non-hydrogen) atoms. The van der Waals surface area contributed by atoms with E-state index in [2.05, 4.69) is 0 Å². The summed E-state index contributed by atoms with van der Waals surface area (Å²) in [6.07, 6.45) is 0.756. The van der Waals surface area contributed by atoms with Crippen LogP contribution in [0.3, 0.4) is 0 Å². The number of benzene rings is 3. The number of fused-ring (bicyclic) bond motifs is 1. The fraction of sp³-hybridized carbons (Fsp3) is 0.240. The zero-order valence-electron chi connectivity index (χ0n) is 18.1. The number of nitrogens with zero attached hydrogens (tertiary/aromatic N) is 2. The number of para-hydroxylation sites is 1. The molecule has 1 amide bonds. The van der Waals surface area contributed by atoms with Gasteiger partial charge in [0.15, 0.2) is 0 Å². The molecule has 4 rings (SSSR count). The summed E-state index contributed by atoms with van der Waals surface area (Å²) in [5, 5.41) is 0. The summed E-state index contributed by atoms with van der Waals surface area (Å²) in [5.41, 5.74) is 2.76. The molecule has 0 saturated heterocycles. The van der Waals surface area contributed by atoms with Crippen LogP contribution >= 0.6 is 0 Å². The van der Waals surface area contributed by atoms with Crippen LogP contribution < -0.4 is 9.64 Å². The van der Waals surface area contributed by atoms with Gasteiger partial charge in [-0.3, -0.25) is 4.79 Å². The average Bonchev–Trinajstić information content (AvgIpc) is 3.15. The van der Waals surface area contributed by atoms with Crippen molar-refractivity contribution in [1.29, 1.82) is 0 Å². The summed E-state index contributed by atoms with van der Waals surface area (Å²) in [4.78, 5) is 15.2. The number of sulfonamides is 1. The van der Waals surface area contributed by atoms with Crippen LogP contribution in [-0.4, -0.2) is 38.3 Å². The van der Waals surface area contributed by atoms with E-state index in [9.17, 15) is 13.2 Å². The number of methoxy groups -OCH3 is 1. The molecular formula is C25H26N2O4S. The van der Waals surface area contributed by atoms with E-state index in [1.54, 1.807) is 17.0 Å². The smallest absolute Gasteiger partial charge is 0.243 e. The van der Waals surface area contributed by atoms with Crippen molar-refractivity contribution < 1.29 is 17.9 Å².